The number of methoxy groups -OCH3 is 2. The molecule has 0 unspecified atom stereocenters. The molecule has 3 rings (SSSR count). The Bertz CT molecular complexity index is 917. The zero-order chi connectivity index (χ0) is 19.1. The molecule has 0 amide bonds. The highest BCUT2D eigenvalue weighted by atomic mass is 79.9. The largest absolute Gasteiger partial charge is 0.493 e. The zero-order valence-electron chi connectivity index (χ0n) is 13.9. The van der Waals surface area contributed by atoms with Gasteiger partial charge in [0.05, 0.1) is 19.8 Å². The fourth-order valence-electron chi connectivity index (χ4n) is 2.91. The van der Waals surface area contributed by atoms with E-state index in [9.17, 15) is 18.0 Å². The lowest BCUT2D eigenvalue weighted by Gasteiger charge is -2.08. The minimum absolute atomic E-state index is 0.227. The minimum atomic E-state index is -4.46. The molecule has 2 aromatic carbocycles. The van der Waals surface area contributed by atoms with E-state index in [2.05, 4.69) is 15.9 Å². The zero-order valence-corrected chi connectivity index (χ0v) is 15.5. The van der Waals surface area contributed by atoms with Crippen molar-refractivity contribution in [3.8, 4) is 11.5 Å². The fourth-order valence-corrected chi connectivity index (χ4v) is 3.43. The van der Waals surface area contributed by atoms with Gasteiger partial charge in [-0.05, 0) is 47.5 Å². The summed E-state index contributed by atoms with van der Waals surface area (Å²) in [6.45, 7) is 0. The number of carbonyl (C=O) groups excluding carboxylic acids is 1. The number of alkyl halides is 3. The summed E-state index contributed by atoms with van der Waals surface area (Å²) in [5.74, 6) is 0.708. The van der Waals surface area contributed by atoms with Gasteiger partial charge in [-0.2, -0.15) is 13.2 Å². The predicted molar refractivity (Wildman–Crippen MR) is 94.7 cm³/mol. The van der Waals surface area contributed by atoms with Crippen molar-refractivity contribution in [2.75, 3.05) is 14.2 Å². The van der Waals surface area contributed by atoms with Gasteiger partial charge in [0.15, 0.2) is 17.3 Å². The number of rotatable bonds is 3. The summed E-state index contributed by atoms with van der Waals surface area (Å²) in [7, 11) is 2.97. The Hall–Kier alpha value is -2.28. The molecule has 1 aliphatic carbocycles. The number of carbonyl (C=O) groups is 1. The van der Waals surface area contributed by atoms with Gasteiger partial charge in [0, 0.05) is 22.0 Å². The van der Waals surface area contributed by atoms with Crippen LogP contribution in [0.1, 0.15) is 27.0 Å². The van der Waals surface area contributed by atoms with Crippen LogP contribution in [-0.2, 0) is 12.6 Å². The molecule has 0 aromatic heterocycles. The van der Waals surface area contributed by atoms with Crippen molar-refractivity contribution in [3.63, 3.8) is 0 Å². The molecule has 0 radical (unpaired) electrons. The number of benzene rings is 2. The third-order valence-electron chi connectivity index (χ3n) is 4.11. The average molecular weight is 427 g/mol. The van der Waals surface area contributed by atoms with Crippen LogP contribution < -0.4 is 9.47 Å². The summed E-state index contributed by atoms with van der Waals surface area (Å²) in [5.41, 5.74) is 1.18. The second kappa shape index (κ2) is 6.79. The van der Waals surface area contributed by atoms with Gasteiger partial charge < -0.3 is 9.47 Å². The van der Waals surface area contributed by atoms with Crippen LogP contribution in [0.15, 0.2) is 40.4 Å². The quantitative estimate of drug-likeness (QED) is 0.624. The first kappa shape index (κ1) is 18.5. The topological polar surface area (TPSA) is 35.5 Å². The first-order valence-corrected chi connectivity index (χ1v) is 8.40. The van der Waals surface area contributed by atoms with E-state index in [1.165, 1.54) is 20.3 Å². The molecule has 26 heavy (non-hydrogen) atoms. The Morgan fingerprint density at radius 2 is 1.69 bits per heavy atom. The highest BCUT2D eigenvalue weighted by molar-refractivity contribution is 9.10. The molecule has 0 atom stereocenters. The van der Waals surface area contributed by atoms with Gasteiger partial charge in [-0.3, -0.25) is 4.79 Å². The number of halogens is 4. The van der Waals surface area contributed by atoms with E-state index >= 15 is 0 Å². The molecule has 3 nitrogen and oxygen atoms in total. The molecular formula is C19H14BrF3O3. The number of fused-ring (bicyclic) bond motifs is 1. The monoisotopic (exact) mass is 426 g/mol. The SMILES string of the molecule is COc1cc2c(cc1OC)C(=O)/C(=C/c1cc(Br)cc(C(F)(F)F)c1)C2. The fraction of sp³-hybridized carbons (Fsp3) is 0.211. The standard InChI is InChI=1S/C19H14BrF3O3/c1-25-16-7-11-6-12(18(24)15(11)9-17(16)26-2)3-10-4-13(19(21,22)23)8-14(20)5-10/h3-5,7-9H,6H2,1-2H3/b12-3+. The minimum Gasteiger partial charge on any atom is -0.493 e. The number of allylic oxidation sites excluding steroid dienone is 1. The van der Waals surface area contributed by atoms with Crippen molar-refractivity contribution >= 4 is 27.8 Å². The Morgan fingerprint density at radius 3 is 2.31 bits per heavy atom. The molecule has 0 fully saturated rings. The summed E-state index contributed by atoms with van der Waals surface area (Å²) in [5, 5.41) is 0. The van der Waals surface area contributed by atoms with E-state index in [0.717, 1.165) is 17.7 Å². The predicted octanol–water partition coefficient (Wildman–Crippen LogP) is 5.31. The molecular weight excluding hydrogens is 413 g/mol. The third kappa shape index (κ3) is 3.49. The Kier molecular flexibility index (Phi) is 4.84. The Morgan fingerprint density at radius 1 is 1.04 bits per heavy atom. The van der Waals surface area contributed by atoms with Crippen molar-refractivity contribution in [1.29, 1.82) is 0 Å². The van der Waals surface area contributed by atoms with Gasteiger partial charge in [0.1, 0.15) is 0 Å². The van der Waals surface area contributed by atoms with Crippen molar-refractivity contribution in [2.24, 2.45) is 0 Å². The summed E-state index contributed by atoms with van der Waals surface area (Å²) >= 11 is 3.09. The number of hydrogen-bond acceptors (Lipinski definition) is 3. The lowest BCUT2D eigenvalue weighted by Crippen LogP contribution is -2.05. The smallest absolute Gasteiger partial charge is 0.416 e. The molecule has 2 aromatic rings. The number of ether oxygens (including phenoxy) is 2. The molecule has 136 valence electrons. The van der Waals surface area contributed by atoms with Crippen LogP contribution in [0.4, 0.5) is 13.2 Å². The van der Waals surface area contributed by atoms with E-state index in [1.807, 2.05) is 0 Å². The van der Waals surface area contributed by atoms with E-state index in [1.54, 1.807) is 18.2 Å². The molecule has 0 N–H and O–H groups in total. The van der Waals surface area contributed by atoms with Crippen molar-refractivity contribution in [1.82, 2.24) is 0 Å². The molecule has 0 aliphatic heterocycles. The maximum atomic E-state index is 13.0. The molecule has 7 heteroatoms. The van der Waals surface area contributed by atoms with Crippen LogP contribution in [0.5, 0.6) is 11.5 Å². The Balaban J connectivity index is 2.01. The molecule has 0 saturated carbocycles. The van der Waals surface area contributed by atoms with Crippen LogP contribution in [0.3, 0.4) is 0 Å². The van der Waals surface area contributed by atoms with Gasteiger partial charge in [0.2, 0.25) is 0 Å². The lowest BCUT2D eigenvalue weighted by molar-refractivity contribution is -0.137. The lowest BCUT2D eigenvalue weighted by atomic mass is 10.1. The first-order valence-electron chi connectivity index (χ1n) is 7.61. The normalized spacial score (nSPS) is 15.3. The number of hydrogen-bond donors (Lipinski definition) is 0. The molecule has 0 heterocycles. The maximum absolute atomic E-state index is 13.0. The number of ketones is 1. The van der Waals surface area contributed by atoms with Gasteiger partial charge in [-0.15, -0.1) is 0 Å². The summed E-state index contributed by atoms with van der Waals surface area (Å²) in [6, 6.07) is 6.88. The highest BCUT2D eigenvalue weighted by Crippen LogP contribution is 2.38. The van der Waals surface area contributed by atoms with E-state index < -0.39 is 11.7 Å². The average Bonchev–Trinajstić information content (AvgIpc) is 2.87. The van der Waals surface area contributed by atoms with Crippen LogP contribution in [0, 0.1) is 0 Å². The number of Topliss-reactive ketones (excluding diaryl/α,β-unsaturated/α-hetero) is 1. The second-order valence-electron chi connectivity index (χ2n) is 5.81. The van der Waals surface area contributed by atoms with Crippen molar-refractivity contribution in [3.05, 3.63) is 62.6 Å². The van der Waals surface area contributed by atoms with Crippen LogP contribution in [0.25, 0.3) is 6.08 Å². The second-order valence-corrected chi connectivity index (χ2v) is 6.73. The van der Waals surface area contributed by atoms with E-state index in [0.29, 0.717) is 39.1 Å². The summed E-state index contributed by atoms with van der Waals surface area (Å²) in [6.07, 6.45) is -2.65. The first-order chi connectivity index (χ1) is 12.2. The highest BCUT2D eigenvalue weighted by Gasteiger charge is 2.31. The molecule has 0 spiro atoms. The molecule has 0 saturated heterocycles. The van der Waals surface area contributed by atoms with Crippen LogP contribution in [-0.4, -0.2) is 20.0 Å². The maximum Gasteiger partial charge on any atom is 0.416 e. The summed E-state index contributed by atoms with van der Waals surface area (Å²) in [4.78, 5) is 12.6. The van der Waals surface area contributed by atoms with Gasteiger partial charge in [0.25, 0.3) is 0 Å². The van der Waals surface area contributed by atoms with Gasteiger partial charge >= 0.3 is 6.18 Å². The van der Waals surface area contributed by atoms with E-state index in [4.69, 9.17) is 9.47 Å². The van der Waals surface area contributed by atoms with Gasteiger partial charge in [-0.1, -0.05) is 15.9 Å². The molecule has 0 bridgehead atoms. The molecule has 1 aliphatic rings. The van der Waals surface area contributed by atoms with E-state index in [-0.39, 0.29) is 5.78 Å². The van der Waals surface area contributed by atoms with Crippen molar-refractivity contribution in [2.45, 2.75) is 12.6 Å². The van der Waals surface area contributed by atoms with Gasteiger partial charge in [-0.25, -0.2) is 0 Å². The van der Waals surface area contributed by atoms with Crippen LogP contribution >= 0.6 is 15.9 Å². The van der Waals surface area contributed by atoms with Crippen LogP contribution in [0.2, 0.25) is 0 Å². The van der Waals surface area contributed by atoms with Crippen molar-refractivity contribution < 1.29 is 27.4 Å². The summed E-state index contributed by atoms with van der Waals surface area (Å²) < 4.78 is 49.7. The Labute approximate surface area is 156 Å². The third-order valence-corrected chi connectivity index (χ3v) is 4.57.